The van der Waals surface area contributed by atoms with Crippen LogP contribution in [0.2, 0.25) is 0 Å². The Balaban J connectivity index is 1.66. The number of carboxylic acids is 1. The van der Waals surface area contributed by atoms with Crippen LogP contribution in [0.5, 0.6) is 0 Å². The van der Waals surface area contributed by atoms with Crippen molar-refractivity contribution in [3.8, 4) is 6.07 Å². The summed E-state index contributed by atoms with van der Waals surface area (Å²) in [6.45, 7) is 2.21. The number of aliphatic hydroxyl groups is 1. The Morgan fingerprint density at radius 1 is 1.58 bits per heavy atom. The van der Waals surface area contributed by atoms with Crippen molar-refractivity contribution in [2.75, 3.05) is 0 Å². The van der Waals surface area contributed by atoms with E-state index in [9.17, 15) is 19.8 Å². The molecule has 3 rings (SSSR count). The summed E-state index contributed by atoms with van der Waals surface area (Å²) in [5.41, 5.74) is 0.875. The standard InChI is InChI=1S/C18H19N3O4S/c1-11(22)14-16(23)21-15(18(24)25)13(26-17(14)21)5-3-9-20-8-2-4-12(10-20)6-7-19/h2,4,8,10-11,14,17,22H,3,5-6,9H2,1H3/t11-,14+,17-/m1/s1. The highest BCUT2D eigenvalue weighted by Crippen LogP contribution is 2.51. The van der Waals surface area contributed by atoms with Crippen molar-refractivity contribution in [3.63, 3.8) is 0 Å². The average molecular weight is 373 g/mol. The molecule has 1 amide bonds. The molecule has 0 saturated carbocycles. The second-order valence-corrected chi connectivity index (χ2v) is 7.64. The van der Waals surface area contributed by atoms with Gasteiger partial charge in [0.1, 0.15) is 11.9 Å². The first kappa shape index (κ1) is 18.4. The molecule has 0 spiro atoms. The van der Waals surface area contributed by atoms with Gasteiger partial charge in [-0.15, -0.1) is 11.8 Å². The summed E-state index contributed by atoms with van der Waals surface area (Å²) in [4.78, 5) is 25.5. The third kappa shape index (κ3) is 3.32. The van der Waals surface area contributed by atoms with E-state index in [1.807, 2.05) is 29.1 Å². The van der Waals surface area contributed by atoms with Crippen LogP contribution >= 0.6 is 11.8 Å². The highest BCUT2D eigenvalue weighted by molar-refractivity contribution is 8.04. The van der Waals surface area contributed by atoms with E-state index in [1.54, 1.807) is 6.92 Å². The van der Waals surface area contributed by atoms with Gasteiger partial charge in [-0.2, -0.15) is 5.26 Å². The zero-order valence-corrected chi connectivity index (χ0v) is 15.1. The highest BCUT2D eigenvalue weighted by atomic mass is 32.2. The van der Waals surface area contributed by atoms with E-state index in [0.717, 1.165) is 5.56 Å². The van der Waals surface area contributed by atoms with Crippen LogP contribution in [0.1, 0.15) is 25.3 Å². The minimum Gasteiger partial charge on any atom is -0.543 e. The maximum Gasteiger partial charge on any atom is 0.236 e. The molecule has 136 valence electrons. The lowest BCUT2D eigenvalue weighted by molar-refractivity contribution is -0.697. The Kier molecular flexibility index (Phi) is 5.30. The molecule has 1 fully saturated rings. The zero-order chi connectivity index (χ0) is 18.8. The van der Waals surface area contributed by atoms with E-state index in [1.165, 1.54) is 16.7 Å². The molecule has 2 aliphatic rings. The lowest BCUT2D eigenvalue weighted by atomic mass is 9.92. The number of rotatable bonds is 7. The maximum atomic E-state index is 12.1. The topological polar surface area (TPSA) is 108 Å². The van der Waals surface area contributed by atoms with Gasteiger partial charge < -0.3 is 15.0 Å². The summed E-state index contributed by atoms with van der Waals surface area (Å²) >= 11 is 1.34. The number of amides is 1. The third-order valence-electron chi connectivity index (χ3n) is 4.59. The molecule has 7 nitrogen and oxygen atoms in total. The van der Waals surface area contributed by atoms with E-state index in [4.69, 9.17) is 5.26 Å². The number of thioether (sulfide) groups is 1. The van der Waals surface area contributed by atoms with Gasteiger partial charge in [0.05, 0.1) is 36.2 Å². The molecule has 0 aliphatic carbocycles. The van der Waals surface area contributed by atoms with Crippen LogP contribution in [0.25, 0.3) is 0 Å². The molecule has 1 saturated heterocycles. The molecule has 0 radical (unpaired) electrons. The minimum absolute atomic E-state index is 0.0508. The van der Waals surface area contributed by atoms with Gasteiger partial charge in [0.15, 0.2) is 12.4 Å². The van der Waals surface area contributed by atoms with E-state index in [-0.39, 0.29) is 17.0 Å². The van der Waals surface area contributed by atoms with Crippen molar-refractivity contribution < 1.29 is 24.4 Å². The number of nitriles is 1. The summed E-state index contributed by atoms with van der Waals surface area (Å²) in [5.74, 6) is -2.27. The molecule has 0 aromatic carbocycles. The Morgan fingerprint density at radius 3 is 3.00 bits per heavy atom. The quantitative estimate of drug-likeness (QED) is 0.519. The van der Waals surface area contributed by atoms with Crippen molar-refractivity contribution in [1.29, 1.82) is 5.26 Å². The van der Waals surface area contributed by atoms with Gasteiger partial charge in [-0.3, -0.25) is 9.69 Å². The Labute approximate surface area is 155 Å². The van der Waals surface area contributed by atoms with Gasteiger partial charge in [0.25, 0.3) is 0 Å². The monoisotopic (exact) mass is 373 g/mol. The highest BCUT2D eigenvalue weighted by Gasteiger charge is 2.55. The first-order valence-electron chi connectivity index (χ1n) is 8.41. The summed E-state index contributed by atoms with van der Waals surface area (Å²) in [5, 5.41) is 29.6. The van der Waals surface area contributed by atoms with E-state index < -0.39 is 18.0 Å². The molecular weight excluding hydrogens is 354 g/mol. The fourth-order valence-electron chi connectivity index (χ4n) is 3.35. The Bertz CT molecular complexity index is 815. The van der Waals surface area contributed by atoms with Crippen molar-refractivity contribution in [2.45, 2.75) is 44.2 Å². The van der Waals surface area contributed by atoms with Gasteiger partial charge in [-0.1, -0.05) is 0 Å². The number of nitrogens with zero attached hydrogens (tertiary/aromatic N) is 3. The van der Waals surface area contributed by atoms with Gasteiger partial charge in [-0.05, 0) is 19.4 Å². The van der Waals surface area contributed by atoms with Crippen LogP contribution < -0.4 is 9.67 Å². The van der Waals surface area contributed by atoms with E-state index in [2.05, 4.69) is 6.07 Å². The van der Waals surface area contributed by atoms with Crippen molar-refractivity contribution in [3.05, 3.63) is 40.7 Å². The molecule has 3 heterocycles. The number of aliphatic carboxylic acids is 1. The van der Waals surface area contributed by atoms with E-state index in [0.29, 0.717) is 30.7 Å². The number of pyridine rings is 1. The normalized spacial score (nSPS) is 22.7. The first-order valence-corrected chi connectivity index (χ1v) is 9.29. The molecule has 1 N–H and O–H groups in total. The lowest BCUT2D eigenvalue weighted by Crippen LogP contribution is -2.61. The molecular formula is C18H19N3O4S. The van der Waals surface area contributed by atoms with Gasteiger partial charge in [0.2, 0.25) is 5.91 Å². The van der Waals surface area contributed by atoms with Gasteiger partial charge in [0, 0.05) is 23.0 Å². The average Bonchev–Trinajstić information content (AvgIpc) is 2.90. The second-order valence-electron chi connectivity index (χ2n) is 6.43. The van der Waals surface area contributed by atoms with Crippen LogP contribution in [0.3, 0.4) is 0 Å². The Morgan fingerprint density at radius 2 is 2.35 bits per heavy atom. The molecule has 2 aliphatic heterocycles. The molecule has 26 heavy (non-hydrogen) atoms. The molecule has 1 aromatic rings. The minimum atomic E-state index is -1.35. The van der Waals surface area contributed by atoms with Crippen molar-refractivity contribution >= 4 is 23.6 Å². The van der Waals surface area contributed by atoms with Crippen LogP contribution in [0, 0.1) is 17.2 Å². The number of hydrogen-bond acceptors (Lipinski definition) is 6. The summed E-state index contributed by atoms with van der Waals surface area (Å²) in [6, 6.07) is 5.87. The SMILES string of the molecule is C[C@@H](O)[C@H]1C(=O)N2C(C(=O)[O-])=C(CCC[n+]3cccc(CC#N)c3)S[C@H]12. The molecule has 1 aromatic heterocycles. The molecule has 8 heteroatoms. The number of hydrogen-bond donors (Lipinski definition) is 1. The van der Waals surface area contributed by atoms with Crippen LogP contribution in [-0.2, 0) is 22.6 Å². The maximum absolute atomic E-state index is 12.1. The molecule has 0 unspecified atom stereocenters. The Hall–Kier alpha value is -2.37. The number of aryl methyl sites for hydroxylation is 1. The van der Waals surface area contributed by atoms with E-state index >= 15 is 0 Å². The predicted molar refractivity (Wildman–Crippen MR) is 90.6 cm³/mol. The second kappa shape index (κ2) is 7.48. The van der Waals surface area contributed by atoms with Crippen LogP contribution in [0.15, 0.2) is 35.1 Å². The molecule has 3 atom stereocenters. The van der Waals surface area contributed by atoms with Gasteiger partial charge in [-0.25, -0.2) is 4.57 Å². The van der Waals surface area contributed by atoms with Crippen molar-refractivity contribution in [2.24, 2.45) is 5.92 Å². The van der Waals surface area contributed by atoms with Crippen molar-refractivity contribution in [1.82, 2.24) is 4.90 Å². The van der Waals surface area contributed by atoms with Crippen LogP contribution in [-0.4, -0.2) is 33.4 Å². The van der Waals surface area contributed by atoms with Gasteiger partial charge >= 0.3 is 0 Å². The summed E-state index contributed by atoms with van der Waals surface area (Å²) in [7, 11) is 0. The number of fused-ring (bicyclic) bond motifs is 1. The number of aromatic nitrogens is 1. The summed E-state index contributed by atoms with van der Waals surface area (Å²) in [6.07, 6.45) is 4.54. The number of aliphatic hydroxyl groups excluding tert-OH is 1. The number of carbonyl (C=O) groups is 2. The summed E-state index contributed by atoms with van der Waals surface area (Å²) < 4.78 is 1.96. The third-order valence-corrected chi connectivity index (χ3v) is 6.02. The smallest absolute Gasteiger partial charge is 0.236 e. The fourth-order valence-corrected chi connectivity index (χ4v) is 5.01. The molecule has 0 bridgehead atoms. The number of allylic oxidation sites excluding steroid dienone is 1. The first-order chi connectivity index (χ1) is 12.4. The predicted octanol–water partition coefficient (Wildman–Crippen LogP) is -0.306. The fraction of sp³-hybridized carbons (Fsp3) is 0.444. The van der Waals surface area contributed by atoms with Crippen LogP contribution in [0.4, 0.5) is 0 Å². The number of β-lactam (4-membered cyclic amide) rings is 1. The lowest BCUT2D eigenvalue weighted by Gasteiger charge is -2.44. The number of carboxylic acid groups (broad SMARTS) is 1. The largest absolute Gasteiger partial charge is 0.543 e. The zero-order valence-electron chi connectivity index (χ0n) is 14.3. The number of carbonyl (C=O) groups excluding carboxylic acids is 2.